The maximum absolute atomic E-state index is 11.5. The summed E-state index contributed by atoms with van der Waals surface area (Å²) in [5, 5.41) is 7.49. The fourth-order valence-electron chi connectivity index (χ4n) is 1.60. The molecule has 1 rings (SSSR count). The average Bonchev–Trinajstić information content (AvgIpc) is 2.32. The molecule has 0 unspecified atom stereocenters. The number of carbonyl (C=O) groups is 1. The van der Waals surface area contributed by atoms with Gasteiger partial charge < -0.3 is 11.1 Å². The number of benzene rings is 1. The first-order valence-corrected chi connectivity index (χ1v) is 7.70. The number of hydrogen-bond donors (Lipinski definition) is 3. The summed E-state index contributed by atoms with van der Waals surface area (Å²) in [6.07, 6.45) is 1.20. The number of nitrogens with one attached hydrogen (secondary N) is 1. The van der Waals surface area contributed by atoms with Gasteiger partial charge in [0.05, 0.1) is 5.75 Å². The van der Waals surface area contributed by atoms with E-state index >= 15 is 0 Å². The fourth-order valence-corrected chi connectivity index (χ4v) is 2.15. The van der Waals surface area contributed by atoms with Crippen molar-refractivity contribution in [1.82, 2.24) is 5.32 Å². The third-order valence-electron chi connectivity index (χ3n) is 2.60. The third kappa shape index (κ3) is 6.78. The predicted octanol–water partition coefficient (Wildman–Crippen LogP) is -0.00380. The summed E-state index contributed by atoms with van der Waals surface area (Å²) >= 11 is 0. The highest BCUT2D eigenvalue weighted by Crippen LogP contribution is 2.12. The number of amides is 1. The summed E-state index contributed by atoms with van der Waals surface area (Å²) in [5.74, 6) is -0.253. The molecule has 106 valence electrons. The van der Waals surface area contributed by atoms with Crippen molar-refractivity contribution in [2.45, 2.75) is 19.3 Å². The highest BCUT2D eigenvalue weighted by Gasteiger charge is 2.05. The van der Waals surface area contributed by atoms with Crippen LogP contribution in [0, 0.1) is 0 Å². The molecule has 6 nitrogen and oxygen atoms in total. The summed E-state index contributed by atoms with van der Waals surface area (Å²) in [7, 11) is -3.45. The van der Waals surface area contributed by atoms with Gasteiger partial charge in [0.1, 0.15) is 0 Å². The summed E-state index contributed by atoms with van der Waals surface area (Å²) in [5.41, 5.74) is 7.37. The second-order valence-corrected chi connectivity index (χ2v) is 6.00. The molecule has 0 spiro atoms. The minimum Gasteiger partial charge on any atom is -0.399 e. The first-order valence-electron chi connectivity index (χ1n) is 5.99. The molecule has 0 aliphatic rings. The number of hydrogen-bond acceptors (Lipinski definition) is 4. The molecule has 0 aliphatic carbocycles. The first kappa shape index (κ1) is 15.5. The van der Waals surface area contributed by atoms with Crippen LogP contribution >= 0.6 is 0 Å². The van der Waals surface area contributed by atoms with Crippen molar-refractivity contribution in [2.24, 2.45) is 5.14 Å². The number of nitrogen functional groups attached to an aromatic ring is 1. The summed E-state index contributed by atoms with van der Waals surface area (Å²) in [6.45, 7) is 0.305. The SMILES string of the molecule is Nc1ccccc1CCC(=O)NCCCS(N)(=O)=O. The van der Waals surface area contributed by atoms with Crippen molar-refractivity contribution in [3.05, 3.63) is 29.8 Å². The van der Waals surface area contributed by atoms with Gasteiger partial charge in [-0.05, 0) is 24.5 Å². The van der Waals surface area contributed by atoms with Crippen LogP contribution in [-0.4, -0.2) is 26.6 Å². The largest absolute Gasteiger partial charge is 0.399 e. The Morgan fingerprint density at radius 1 is 1.26 bits per heavy atom. The Morgan fingerprint density at radius 2 is 1.95 bits per heavy atom. The van der Waals surface area contributed by atoms with Crippen molar-refractivity contribution < 1.29 is 13.2 Å². The molecular formula is C12H19N3O3S. The zero-order valence-electron chi connectivity index (χ0n) is 10.6. The zero-order chi connectivity index (χ0) is 14.3. The van der Waals surface area contributed by atoms with Crippen molar-refractivity contribution in [3.8, 4) is 0 Å². The minimum absolute atomic E-state index is 0.126. The molecule has 0 saturated heterocycles. The highest BCUT2D eigenvalue weighted by molar-refractivity contribution is 7.89. The van der Waals surface area contributed by atoms with E-state index in [4.69, 9.17) is 10.9 Å². The van der Waals surface area contributed by atoms with Gasteiger partial charge in [-0.15, -0.1) is 0 Å². The summed E-state index contributed by atoms with van der Waals surface area (Å²) in [6, 6.07) is 7.38. The Balaban J connectivity index is 2.24. The van der Waals surface area contributed by atoms with Gasteiger partial charge in [0.15, 0.2) is 0 Å². The molecule has 1 amide bonds. The molecule has 0 heterocycles. The number of para-hydroxylation sites is 1. The Kier molecular flexibility index (Phi) is 5.78. The van der Waals surface area contributed by atoms with E-state index in [0.717, 1.165) is 5.56 Å². The van der Waals surface area contributed by atoms with Gasteiger partial charge in [0.25, 0.3) is 0 Å². The Labute approximate surface area is 113 Å². The topological polar surface area (TPSA) is 115 Å². The summed E-state index contributed by atoms with van der Waals surface area (Å²) < 4.78 is 21.4. The monoisotopic (exact) mass is 285 g/mol. The maximum Gasteiger partial charge on any atom is 0.220 e. The number of anilines is 1. The van der Waals surface area contributed by atoms with Crippen LogP contribution in [0.4, 0.5) is 5.69 Å². The van der Waals surface area contributed by atoms with Crippen molar-refractivity contribution in [1.29, 1.82) is 0 Å². The third-order valence-corrected chi connectivity index (χ3v) is 3.46. The van der Waals surface area contributed by atoms with E-state index in [0.29, 0.717) is 31.5 Å². The number of carbonyl (C=O) groups excluding carboxylic acids is 1. The van der Waals surface area contributed by atoms with E-state index in [2.05, 4.69) is 5.32 Å². The van der Waals surface area contributed by atoms with E-state index in [-0.39, 0.29) is 11.7 Å². The van der Waals surface area contributed by atoms with Crippen LogP contribution in [0.2, 0.25) is 0 Å². The van der Waals surface area contributed by atoms with Gasteiger partial charge in [-0.3, -0.25) is 4.79 Å². The van der Waals surface area contributed by atoms with E-state index in [1.807, 2.05) is 18.2 Å². The normalized spacial score (nSPS) is 11.2. The number of rotatable bonds is 7. The second-order valence-electron chi connectivity index (χ2n) is 4.27. The van der Waals surface area contributed by atoms with Gasteiger partial charge in [-0.1, -0.05) is 18.2 Å². The smallest absolute Gasteiger partial charge is 0.220 e. The second kappa shape index (κ2) is 7.10. The molecule has 0 fully saturated rings. The van der Waals surface area contributed by atoms with Crippen LogP contribution in [0.25, 0.3) is 0 Å². The highest BCUT2D eigenvalue weighted by atomic mass is 32.2. The van der Waals surface area contributed by atoms with Crippen LogP contribution < -0.4 is 16.2 Å². The van der Waals surface area contributed by atoms with E-state index in [9.17, 15) is 13.2 Å². The summed E-state index contributed by atoms with van der Waals surface area (Å²) in [4.78, 5) is 11.5. The van der Waals surface area contributed by atoms with Crippen molar-refractivity contribution in [3.63, 3.8) is 0 Å². The van der Waals surface area contributed by atoms with Gasteiger partial charge in [-0.25, -0.2) is 13.6 Å². The fraction of sp³-hybridized carbons (Fsp3) is 0.417. The van der Waals surface area contributed by atoms with Crippen LogP contribution in [0.15, 0.2) is 24.3 Å². The van der Waals surface area contributed by atoms with Crippen molar-refractivity contribution >= 4 is 21.6 Å². The quantitative estimate of drug-likeness (QED) is 0.483. The van der Waals surface area contributed by atoms with Gasteiger partial charge >= 0.3 is 0 Å². The van der Waals surface area contributed by atoms with Crippen LogP contribution in [-0.2, 0) is 21.2 Å². The van der Waals surface area contributed by atoms with Crippen molar-refractivity contribution in [2.75, 3.05) is 18.0 Å². The zero-order valence-corrected chi connectivity index (χ0v) is 11.4. The molecule has 19 heavy (non-hydrogen) atoms. The molecule has 1 aromatic rings. The Hall–Kier alpha value is -1.60. The molecule has 0 atom stereocenters. The molecule has 0 aliphatic heterocycles. The molecule has 0 saturated carbocycles. The van der Waals surface area contributed by atoms with Crippen LogP contribution in [0.3, 0.4) is 0 Å². The van der Waals surface area contributed by atoms with Gasteiger partial charge in [0.2, 0.25) is 15.9 Å². The predicted molar refractivity (Wildman–Crippen MR) is 74.8 cm³/mol. The number of primary sulfonamides is 1. The minimum atomic E-state index is -3.45. The van der Waals surface area contributed by atoms with Crippen LogP contribution in [0.1, 0.15) is 18.4 Å². The van der Waals surface area contributed by atoms with Gasteiger partial charge in [-0.2, -0.15) is 0 Å². The molecular weight excluding hydrogens is 266 g/mol. The number of sulfonamides is 1. The van der Waals surface area contributed by atoms with Crippen LogP contribution in [0.5, 0.6) is 0 Å². The number of nitrogens with two attached hydrogens (primary N) is 2. The molecule has 0 bridgehead atoms. The lowest BCUT2D eigenvalue weighted by Crippen LogP contribution is -2.27. The molecule has 1 aromatic carbocycles. The molecule has 5 N–H and O–H groups in total. The average molecular weight is 285 g/mol. The first-order chi connectivity index (χ1) is 8.88. The Morgan fingerprint density at radius 3 is 2.58 bits per heavy atom. The lowest BCUT2D eigenvalue weighted by atomic mass is 10.1. The standard InChI is InChI=1S/C12H19N3O3S/c13-11-5-2-1-4-10(11)6-7-12(16)15-8-3-9-19(14,17)18/h1-2,4-5H,3,6-9,13H2,(H,15,16)(H2,14,17,18). The molecule has 0 aromatic heterocycles. The lowest BCUT2D eigenvalue weighted by Gasteiger charge is -2.06. The van der Waals surface area contributed by atoms with E-state index < -0.39 is 10.0 Å². The van der Waals surface area contributed by atoms with E-state index in [1.54, 1.807) is 6.07 Å². The maximum atomic E-state index is 11.5. The van der Waals surface area contributed by atoms with E-state index in [1.165, 1.54) is 0 Å². The molecule has 0 radical (unpaired) electrons. The Bertz CT molecular complexity index is 529. The molecule has 7 heteroatoms. The lowest BCUT2D eigenvalue weighted by molar-refractivity contribution is -0.121. The number of aryl methyl sites for hydroxylation is 1. The van der Waals surface area contributed by atoms with Gasteiger partial charge in [0, 0.05) is 18.7 Å².